The summed E-state index contributed by atoms with van der Waals surface area (Å²) in [5.74, 6) is 1.56. The number of nitrogens with one attached hydrogen (secondary N) is 2. The van der Waals surface area contributed by atoms with Crippen LogP contribution in [0.4, 0.5) is 5.69 Å². The van der Waals surface area contributed by atoms with Crippen molar-refractivity contribution >= 4 is 28.7 Å². The van der Waals surface area contributed by atoms with E-state index in [0.29, 0.717) is 18.1 Å². The third-order valence-corrected chi connectivity index (χ3v) is 6.30. The summed E-state index contributed by atoms with van der Waals surface area (Å²) in [4.78, 5) is 0. The molecule has 1 aliphatic rings. The summed E-state index contributed by atoms with van der Waals surface area (Å²) in [6.45, 7) is 13.0. The molecule has 3 aromatic carbocycles. The van der Waals surface area contributed by atoms with Crippen LogP contribution in [0.1, 0.15) is 53.6 Å². The minimum absolute atomic E-state index is 0.379. The molecule has 1 heterocycles. The number of rotatable bonds is 5. The first kappa shape index (κ1) is 24.7. The van der Waals surface area contributed by atoms with Crippen molar-refractivity contribution in [3.05, 3.63) is 88.0 Å². The molecule has 0 saturated carbocycles. The van der Waals surface area contributed by atoms with E-state index in [2.05, 4.69) is 76.6 Å². The summed E-state index contributed by atoms with van der Waals surface area (Å²) in [5, 5.41) is 8.45. The molecule has 0 saturated heterocycles. The lowest BCUT2D eigenvalue weighted by Gasteiger charge is -2.33. The number of fused-ring (bicyclic) bond motifs is 1. The Hall–Kier alpha value is -3.38. The monoisotopic (exact) mass is 487 g/mol. The second-order valence-corrected chi connectivity index (χ2v) is 10.2. The van der Waals surface area contributed by atoms with Crippen LogP contribution >= 0.6 is 12.2 Å². The van der Waals surface area contributed by atoms with Crippen LogP contribution in [0, 0.1) is 27.7 Å². The van der Waals surface area contributed by atoms with Crippen LogP contribution in [0.5, 0.6) is 11.5 Å². The Morgan fingerprint density at radius 3 is 2.43 bits per heavy atom. The fraction of sp³-hybridized carbons (Fsp3) is 0.310. The zero-order valence-electron chi connectivity index (χ0n) is 21.3. The van der Waals surface area contributed by atoms with E-state index in [1.807, 2.05) is 30.3 Å². The van der Waals surface area contributed by atoms with Crippen molar-refractivity contribution < 1.29 is 9.47 Å². The van der Waals surface area contributed by atoms with Crippen LogP contribution in [0.15, 0.2) is 59.7 Å². The Morgan fingerprint density at radius 1 is 1.00 bits per heavy atom. The Morgan fingerprint density at radius 2 is 1.71 bits per heavy atom. The maximum atomic E-state index is 6.22. The summed E-state index contributed by atoms with van der Waals surface area (Å²) in [5.41, 5.74) is 11.3. The number of benzene rings is 3. The molecule has 0 bridgehead atoms. The van der Waals surface area contributed by atoms with E-state index in [1.54, 1.807) is 0 Å². The summed E-state index contributed by atoms with van der Waals surface area (Å²) >= 11 is 5.56. The lowest BCUT2D eigenvalue weighted by atomic mass is 9.92. The van der Waals surface area contributed by atoms with Gasteiger partial charge < -0.3 is 14.8 Å². The molecular weight excluding hydrogens is 454 g/mol. The molecule has 0 radical (unpaired) electrons. The van der Waals surface area contributed by atoms with Crippen molar-refractivity contribution in [2.75, 3.05) is 5.32 Å². The van der Waals surface area contributed by atoms with E-state index in [0.717, 1.165) is 45.2 Å². The van der Waals surface area contributed by atoms with Gasteiger partial charge in [-0.1, -0.05) is 42.0 Å². The quantitative estimate of drug-likeness (QED) is 0.308. The molecule has 0 aliphatic carbocycles. The Labute approximate surface area is 213 Å². The van der Waals surface area contributed by atoms with Gasteiger partial charge in [0.15, 0.2) is 5.11 Å². The summed E-state index contributed by atoms with van der Waals surface area (Å²) in [6, 6.07) is 18.4. The van der Waals surface area contributed by atoms with E-state index in [-0.39, 0.29) is 5.60 Å². The molecular formula is C29H33N3O2S. The second-order valence-electron chi connectivity index (χ2n) is 9.81. The molecule has 0 fully saturated rings. The normalized spacial score (nSPS) is 15.2. The van der Waals surface area contributed by atoms with Gasteiger partial charge in [0, 0.05) is 17.7 Å². The van der Waals surface area contributed by atoms with Gasteiger partial charge >= 0.3 is 0 Å². The average Bonchev–Trinajstić information content (AvgIpc) is 2.79. The molecule has 0 amide bonds. The maximum absolute atomic E-state index is 6.22. The highest BCUT2D eigenvalue weighted by Gasteiger charge is 2.31. The predicted octanol–water partition coefficient (Wildman–Crippen LogP) is 6.75. The number of thiocarbonyl (C=S) groups is 1. The molecule has 0 unspecified atom stereocenters. The predicted molar refractivity (Wildman–Crippen MR) is 148 cm³/mol. The van der Waals surface area contributed by atoms with Gasteiger partial charge in [-0.25, -0.2) is 0 Å². The summed E-state index contributed by atoms with van der Waals surface area (Å²) in [7, 11) is 0. The van der Waals surface area contributed by atoms with Gasteiger partial charge in [0.1, 0.15) is 23.7 Å². The standard InChI is InChI=1S/C29H33N3O2S/c1-18-13-20(3)27(21(4)14-18)30-28(35)32-31-25-16-29(5,6)34-26-12-11-23(15-24(25)26)33-17-22-10-8-7-9-19(22)2/h7-15H,16-17H2,1-6H3,(H2,30,32,35). The van der Waals surface area contributed by atoms with Crippen LogP contribution in [-0.4, -0.2) is 16.4 Å². The van der Waals surface area contributed by atoms with Crippen molar-refractivity contribution in [1.29, 1.82) is 0 Å². The lowest BCUT2D eigenvalue weighted by Crippen LogP contribution is -2.37. The summed E-state index contributed by atoms with van der Waals surface area (Å²) in [6.07, 6.45) is 0.638. The first-order valence-corrected chi connectivity index (χ1v) is 12.2. The van der Waals surface area contributed by atoms with E-state index < -0.39 is 0 Å². The molecule has 5 nitrogen and oxygen atoms in total. The third-order valence-electron chi connectivity index (χ3n) is 6.10. The number of ether oxygens (including phenoxy) is 2. The Balaban J connectivity index is 1.53. The fourth-order valence-corrected chi connectivity index (χ4v) is 4.56. The number of anilines is 1. The van der Waals surface area contributed by atoms with E-state index in [9.17, 15) is 0 Å². The lowest BCUT2D eigenvalue weighted by molar-refractivity contribution is 0.111. The molecule has 6 heteroatoms. The maximum Gasteiger partial charge on any atom is 0.191 e. The van der Waals surface area contributed by atoms with Crippen molar-refractivity contribution in [2.45, 2.75) is 60.2 Å². The molecule has 182 valence electrons. The van der Waals surface area contributed by atoms with E-state index in [1.165, 1.54) is 11.1 Å². The fourth-order valence-electron chi connectivity index (χ4n) is 4.42. The van der Waals surface area contributed by atoms with Crippen LogP contribution in [-0.2, 0) is 6.61 Å². The van der Waals surface area contributed by atoms with Crippen molar-refractivity contribution in [3.8, 4) is 11.5 Å². The van der Waals surface area contributed by atoms with Crippen molar-refractivity contribution in [3.63, 3.8) is 0 Å². The van der Waals surface area contributed by atoms with Gasteiger partial charge in [0.05, 0.1) is 5.71 Å². The topological polar surface area (TPSA) is 54.9 Å². The van der Waals surface area contributed by atoms with Gasteiger partial charge in [0.2, 0.25) is 0 Å². The molecule has 2 N–H and O–H groups in total. The third kappa shape index (κ3) is 6.01. The number of hydrogen-bond acceptors (Lipinski definition) is 4. The second kappa shape index (κ2) is 10.1. The van der Waals surface area contributed by atoms with E-state index >= 15 is 0 Å². The summed E-state index contributed by atoms with van der Waals surface area (Å²) < 4.78 is 12.3. The number of hydrazone groups is 1. The highest BCUT2D eigenvalue weighted by Crippen LogP contribution is 2.36. The molecule has 4 rings (SSSR count). The van der Waals surface area contributed by atoms with E-state index in [4.69, 9.17) is 26.8 Å². The minimum Gasteiger partial charge on any atom is -0.489 e. The Bertz CT molecular complexity index is 1270. The number of aryl methyl sites for hydroxylation is 4. The smallest absolute Gasteiger partial charge is 0.191 e. The molecule has 0 spiro atoms. The highest BCUT2D eigenvalue weighted by molar-refractivity contribution is 7.80. The molecule has 35 heavy (non-hydrogen) atoms. The van der Waals surface area contributed by atoms with Crippen molar-refractivity contribution in [2.24, 2.45) is 5.10 Å². The average molecular weight is 488 g/mol. The first-order valence-electron chi connectivity index (χ1n) is 11.8. The molecule has 0 aromatic heterocycles. The van der Waals surface area contributed by atoms with Gasteiger partial charge in [-0.05, 0) is 94.2 Å². The van der Waals surface area contributed by atoms with Gasteiger partial charge in [0.25, 0.3) is 0 Å². The number of hydrogen-bond donors (Lipinski definition) is 2. The first-order chi connectivity index (χ1) is 16.6. The molecule has 3 aromatic rings. The van der Waals surface area contributed by atoms with Crippen LogP contribution in [0.25, 0.3) is 0 Å². The SMILES string of the molecule is Cc1cc(C)c(NC(=S)NN=C2CC(C)(C)Oc3ccc(OCc4ccccc4C)cc32)c(C)c1. The van der Waals surface area contributed by atoms with Gasteiger partial charge in [-0.15, -0.1) is 0 Å². The zero-order valence-corrected chi connectivity index (χ0v) is 22.1. The minimum atomic E-state index is -0.379. The van der Waals surface area contributed by atoms with Gasteiger partial charge in [-0.3, -0.25) is 5.43 Å². The van der Waals surface area contributed by atoms with Crippen molar-refractivity contribution in [1.82, 2.24) is 5.43 Å². The Kier molecular flexibility index (Phi) is 7.13. The largest absolute Gasteiger partial charge is 0.489 e. The van der Waals surface area contributed by atoms with Crippen LogP contribution in [0.2, 0.25) is 0 Å². The number of nitrogens with zero attached hydrogens (tertiary/aromatic N) is 1. The van der Waals surface area contributed by atoms with Gasteiger partial charge in [-0.2, -0.15) is 5.10 Å². The van der Waals surface area contributed by atoms with Crippen LogP contribution in [0.3, 0.4) is 0 Å². The molecule has 1 aliphatic heterocycles. The highest BCUT2D eigenvalue weighted by atomic mass is 32.1. The van der Waals surface area contributed by atoms with Crippen LogP contribution < -0.4 is 20.2 Å². The molecule has 0 atom stereocenters. The zero-order chi connectivity index (χ0) is 25.2.